The van der Waals surface area contributed by atoms with Crippen LogP contribution in [0.4, 0.5) is 5.69 Å². The summed E-state index contributed by atoms with van der Waals surface area (Å²) in [6.45, 7) is 6.71. The molecule has 0 unspecified atom stereocenters. The van der Waals surface area contributed by atoms with E-state index < -0.39 is 0 Å². The van der Waals surface area contributed by atoms with Gasteiger partial charge in [-0.05, 0) is 18.6 Å². The van der Waals surface area contributed by atoms with Crippen LogP contribution in [0.25, 0.3) is 0 Å². The predicted molar refractivity (Wildman–Crippen MR) is 96.0 cm³/mol. The van der Waals surface area contributed by atoms with Gasteiger partial charge in [-0.25, -0.2) is 0 Å². The molecule has 0 spiro atoms. The summed E-state index contributed by atoms with van der Waals surface area (Å²) in [5.74, 6) is -0.101. The zero-order valence-corrected chi connectivity index (χ0v) is 14.7. The molecule has 24 heavy (non-hydrogen) atoms. The molecular formula is C18H28N4O2. The first-order chi connectivity index (χ1) is 11.6. The second-order valence-electron chi connectivity index (χ2n) is 6.20. The lowest BCUT2D eigenvalue weighted by Gasteiger charge is -2.36. The van der Waals surface area contributed by atoms with Crippen molar-refractivity contribution in [2.24, 2.45) is 0 Å². The average molecular weight is 332 g/mol. The zero-order valence-electron chi connectivity index (χ0n) is 14.7. The van der Waals surface area contributed by atoms with Crippen LogP contribution < -0.4 is 10.2 Å². The number of para-hydroxylation sites is 1. The fourth-order valence-electron chi connectivity index (χ4n) is 2.74. The number of benzene rings is 1. The van der Waals surface area contributed by atoms with E-state index in [2.05, 4.69) is 27.2 Å². The maximum Gasteiger partial charge on any atom is 0.239 e. The molecule has 0 radical (unpaired) electrons. The van der Waals surface area contributed by atoms with Gasteiger partial charge in [-0.2, -0.15) is 0 Å². The number of nitrogens with zero attached hydrogens (tertiary/aromatic N) is 3. The number of hydrogen-bond acceptors (Lipinski definition) is 4. The Bertz CT molecular complexity index is 527. The molecule has 6 heteroatoms. The Morgan fingerprint density at radius 1 is 1.12 bits per heavy atom. The average Bonchev–Trinajstić information content (AvgIpc) is 2.61. The van der Waals surface area contributed by atoms with Crippen LogP contribution in [-0.4, -0.2) is 74.5 Å². The van der Waals surface area contributed by atoms with Gasteiger partial charge in [0.25, 0.3) is 0 Å². The molecule has 0 saturated carbocycles. The Labute approximate surface area is 144 Å². The predicted octanol–water partition coefficient (Wildman–Crippen LogP) is 0.793. The van der Waals surface area contributed by atoms with Crippen molar-refractivity contribution in [2.75, 3.05) is 57.8 Å². The molecule has 1 aromatic rings. The summed E-state index contributed by atoms with van der Waals surface area (Å²) in [5, 5.41) is 2.79. The highest BCUT2D eigenvalue weighted by Gasteiger charge is 2.21. The molecule has 6 nitrogen and oxygen atoms in total. The first kappa shape index (κ1) is 18.3. The molecule has 1 heterocycles. The zero-order chi connectivity index (χ0) is 17.4. The minimum Gasteiger partial charge on any atom is -0.369 e. The Morgan fingerprint density at radius 3 is 2.42 bits per heavy atom. The molecule has 0 aromatic heterocycles. The normalized spacial score (nSPS) is 15.2. The first-order valence-electron chi connectivity index (χ1n) is 8.63. The van der Waals surface area contributed by atoms with E-state index in [1.165, 1.54) is 10.6 Å². The Kier molecular flexibility index (Phi) is 7.06. The number of hydrogen-bond donors (Lipinski definition) is 1. The number of rotatable bonds is 7. The minimum absolute atomic E-state index is 0.00481. The molecule has 1 aliphatic heterocycles. The summed E-state index contributed by atoms with van der Waals surface area (Å²) >= 11 is 0. The summed E-state index contributed by atoms with van der Waals surface area (Å²) in [4.78, 5) is 29.9. The van der Waals surface area contributed by atoms with E-state index in [4.69, 9.17) is 0 Å². The highest BCUT2D eigenvalue weighted by molar-refractivity contribution is 5.85. The van der Waals surface area contributed by atoms with Crippen LogP contribution in [0.5, 0.6) is 0 Å². The largest absolute Gasteiger partial charge is 0.369 e. The molecule has 1 fully saturated rings. The highest BCUT2D eigenvalue weighted by Crippen LogP contribution is 2.15. The van der Waals surface area contributed by atoms with Crippen molar-refractivity contribution in [2.45, 2.75) is 13.3 Å². The SMILES string of the molecule is CCCNC(=O)CN(C)C(=O)CN1CCN(c2ccccc2)CC1. The fraction of sp³-hybridized carbons (Fsp3) is 0.556. The lowest BCUT2D eigenvalue weighted by molar-refractivity contribution is -0.135. The number of anilines is 1. The van der Waals surface area contributed by atoms with E-state index in [0.717, 1.165) is 32.6 Å². The Hall–Kier alpha value is -2.08. The summed E-state index contributed by atoms with van der Waals surface area (Å²) in [7, 11) is 1.69. The molecule has 1 N–H and O–H groups in total. The molecule has 1 aliphatic rings. The van der Waals surface area contributed by atoms with Crippen molar-refractivity contribution in [1.82, 2.24) is 15.1 Å². The quantitative estimate of drug-likeness (QED) is 0.802. The minimum atomic E-state index is -0.0957. The third kappa shape index (κ3) is 5.53. The Balaban J connectivity index is 1.72. The third-order valence-electron chi connectivity index (χ3n) is 4.23. The molecule has 1 aromatic carbocycles. The maximum absolute atomic E-state index is 12.3. The number of nitrogens with one attached hydrogen (secondary N) is 1. The van der Waals surface area contributed by atoms with E-state index in [-0.39, 0.29) is 18.4 Å². The van der Waals surface area contributed by atoms with Crippen LogP contribution in [0.15, 0.2) is 30.3 Å². The van der Waals surface area contributed by atoms with Crippen LogP contribution >= 0.6 is 0 Å². The monoisotopic (exact) mass is 332 g/mol. The molecule has 0 atom stereocenters. The molecule has 0 aliphatic carbocycles. The van der Waals surface area contributed by atoms with E-state index in [1.54, 1.807) is 7.05 Å². The molecule has 132 valence electrons. The van der Waals surface area contributed by atoms with Gasteiger partial charge in [-0.3, -0.25) is 14.5 Å². The van der Waals surface area contributed by atoms with Crippen LogP contribution in [0.2, 0.25) is 0 Å². The van der Waals surface area contributed by atoms with Gasteiger partial charge in [-0.15, -0.1) is 0 Å². The fourth-order valence-corrected chi connectivity index (χ4v) is 2.74. The number of amides is 2. The second-order valence-corrected chi connectivity index (χ2v) is 6.20. The summed E-state index contributed by atoms with van der Waals surface area (Å²) in [6, 6.07) is 10.3. The topological polar surface area (TPSA) is 55.9 Å². The van der Waals surface area contributed by atoms with Gasteiger partial charge in [0.15, 0.2) is 0 Å². The van der Waals surface area contributed by atoms with Crippen LogP contribution in [0.1, 0.15) is 13.3 Å². The number of piperazine rings is 1. The van der Waals surface area contributed by atoms with Gasteiger partial charge >= 0.3 is 0 Å². The molecular weight excluding hydrogens is 304 g/mol. The van der Waals surface area contributed by atoms with Gasteiger partial charge in [-0.1, -0.05) is 25.1 Å². The number of likely N-dealkylation sites (N-methyl/N-ethyl adjacent to an activating group) is 1. The maximum atomic E-state index is 12.3. The van der Waals surface area contributed by atoms with Crippen molar-refractivity contribution in [3.8, 4) is 0 Å². The van der Waals surface area contributed by atoms with Gasteiger partial charge in [0.05, 0.1) is 13.1 Å². The molecule has 0 bridgehead atoms. The van der Waals surface area contributed by atoms with E-state index in [9.17, 15) is 9.59 Å². The number of carbonyl (C=O) groups is 2. The summed E-state index contributed by atoms with van der Waals surface area (Å²) < 4.78 is 0. The summed E-state index contributed by atoms with van der Waals surface area (Å²) in [5.41, 5.74) is 1.23. The van der Waals surface area contributed by atoms with Gasteiger partial charge < -0.3 is 15.1 Å². The van der Waals surface area contributed by atoms with Crippen molar-refractivity contribution in [1.29, 1.82) is 0 Å². The van der Waals surface area contributed by atoms with Crippen molar-refractivity contribution in [3.05, 3.63) is 30.3 Å². The smallest absolute Gasteiger partial charge is 0.239 e. The molecule has 1 saturated heterocycles. The van der Waals surface area contributed by atoms with Crippen LogP contribution in [0, 0.1) is 0 Å². The van der Waals surface area contributed by atoms with Gasteiger partial charge in [0.1, 0.15) is 0 Å². The standard InChI is InChI=1S/C18H28N4O2/c1-3-9-19-17(23)14-20(2)18(24)15-21-10-12-22(13-11-21)16-7-5-4-6-8-16/h4-8H,3,9-15H2,1-2H3,(H,19,23). The first-order valence-corrected chi connectivity index (χ1v) is 8.63. The van der Waals surface area contributed by atoms with E-state index in [0.29, 0.717) is 13.1 Å². The highest BCUT2D eigenvalue weighted by atomic mass is 16.2. The van der Waals surface area contributed by atoms with E-state index in [1.807, 2.05) is 25.1 Å². The van der Waals surface area contributed by atoms with Crippen LogP contribution in [-0.2, 0) is 9.59 Å². The second kappa shape index (κ2) is 9.27. The number of carbonyl (C=O) groups excluding carboxylic acids is 2. The molecule has 2 rings (SSSR count). The van der Waals surface area contributed by atoms with Crippen LogP contribution in [0.3, 0.4) is 0 Å². The van der Waals surface area contributed by atoms with E-state index >= 15 is 0 Å². The lowest BCUT2D eigenvalue weighted by atomic mass is 10.2. The van der Waals surface area contributed by atoms with Crippen molar-refractivity contribution < 1.29 is 9.59 Å². The lowest BCUT2D eigenvalue weighted by Crippen LogP contribution is -2.50. The van der Waals surface area contributed by atoms with Gasteiger partial charge in [0.2, 0.25) is 11.8 Å². The van der Waals surface area contributed by atoms with Crippen molar-refractivity contribution in [3.63, 3.8) is 0 Å². The third-order valence-corrected chi connectivity index (χ3v) is 4.23. The van der Waals surface area contributed by atoms with Crippen molar-refractivity contribution >= 4 is 17.5 Å². The molecule has 2 amide bonds. The Morgan fingerprint density at radius 2 is 1.79 bits per heavy atom. The summed E-state index contributed by atoms with van der Waals surface area (Å²) in [6.07, 6.45) is 0.898. The van der Waals surface area contributed by atoms with Gasteiger partial charge in [0, 0.05) is 45.5 Å².